The molecule has 0 spiro atoms. The number of unbranched alkanes of at least 4 members (excludes halogenated alkanes) is 2. The molecule has 1 heterocycles. The van der Waals surface area contributed by atoms with Gasteiger partial charge < -0.3 is 9.80 Å². The topological polar surface area (TPSA) is 6.48 Å². The summed E-state index contributed by atoms with van der Waals surface area (Å²) in [5.74, 6) is 0. The van der Waals surface area contributed by atoms with E-state index in [9.17, 15) is 0 Å². The fraction of sp³-hybridized carbons (Fsp3) is 0.917. The monoisotopic (exact) mass is 197 g/mol. The molecule has 2 heteroatoms. The van der Waals surface area contributed by atoms with Crippen LogP contribution < -0.4 is 0 Å². The molecule has 83 valence electrons. The normalized spacial score (nSPS) is 20.1. The lowest BCUT2D eigenvalue weighted by Gasteiger charge is -2.34. The Morgan fingerprint density at radius 1 is 0.929 bits per heavy atom. The smallest absolute Gasteiger partial charge is 0.0110 e. The number of piperazine rings is 1. The van der Waals surface area contributed by atoms with Crippen LogP contribution in [0.25, 0.3) is 0 Å². The van der Waals surface area contributed by atoms with Gasteiger partial charge in [-0.3, -0.25) is 0 Å². The highest BCUT2D eigenvalue weighted by atomic mass is 15.3. The van der Waals surface area contributed by atoms with Gasteiger partial charge in [0, 0.05) is 26.2 Å². The molecule has 2 nitrogen and oxygen atoms in total. The van der Waals surface area contributed by atoms with E-state index >= 15 is 0 Å². The highest BCUT2D eigenvalue weighted by molar-refractivity contribution is 4.71. The highest BCUT2D eigenvalue weighted by Crippen LogP contribution is 2.04. The molecular formula is C12H25N2. The van der Waals surface area contributed by atoms with E-state index in [0.717, 1.165) is 6.42 Å². The van der Waals surface area contributed by atoms with Gasteiger partial charge in [0.05, 0.1) is 0 Å². The summed E-state index contributed by atoms with van der Waals surface area (Å²) in [6.45, 7) is 13.8. The fourth-order valence-electron chi connectivity index (χ4n) is 1.95. The second-order valence-electron chi connectivity index (χ2n) is 4.24. The van der Waals surface area contributed by atoms with E-state index in [2.05, 4.69) is 23.6 Å². The fourth-order valence-corrected chi connectivity index (χ4v) is 1.95. The Morgan fingerprint density at radius 3 is 1.86 bits per heavy atom. The minimum Gasteiger partial charge on any atom is -0.301 e. The quantitative estimate of drug-likeness (QED) is 0.643. The minimum absolute atomic E-state index is 1.08. The largest absolute Gasteiger partial charge is 0.301 e. The molecule has 0 saturated carbocycles. The first-order valence-corrected chi connectivity index (χ1v) is 6.10. The van der Waals surface area contributed by atoms with Crippen LogP contribution in [0.4, 0.5) is 0 Å². The standard InChI is InChI=1S/C12H25N2/c1-3-5-7-13-9-11-14(12-10-13)8-6-4-2/h1,3-12H2,2H3. The van der Waals surface area contributed by atoms with Gasteiger partial charge in [-0.15, -0.1) is 0 Å². The third-order valence-electron chi connectivity index (χ3n) is 3.02. The van der Waals surface area contributed by atoms with Gasteiger partial charge in [-0.2, -0.15) is 0 Å². The first-order valence-electron chi connectivity index (χ1n) is 6.10. The highest BCUT2D eigenvalue weighted by Gasteiger charge is 2.14. The second-order valence-corrected chi connectivity index (χ2v) is 4.24. The van der Waals surface area contributed by atoms with E-state index in [1.165, 1.54) is 58.5 Å². The molecule has 0 aliphatic carbocycles. The molecule has 1 fully saturated rings. The van der Waals surface area contributed by atoms with Crippen molar-refractivity contribution in [2.45, 2.75) is 32.6 Å². The molecule has 0 unspecified atom stereocenters. The van der Waals surface area contributed by atoms with Crippen LogP contribution >= 0.6 is 0 Å². The molecule has 1 aliphatic heterocycles. The van der Waals surface area contributed by atoms with Crippen molar-refractivity contribution in [1.29, 1.82) is 0 Å². The van der Waals surface area contributed by atoms with Crippen molar-refractivity contribution in [2.24, 2.45) is 0 Å². The molecular weight excluding hydrogens is 172 g/mol. The van der Waals surface area contributed by atoms with Crippen LogP contribution in [-0.2, 0) is 0 Å². The molecule has 1 radical (unpaired) electrons. The van der Waals surface area contributed by atoms with Crippen LogP contribution in [0.15, 0.2) is 0 Å². The summed E-state index contributed by atoms with van der Waals surface area (Å²) in [4.78, 5) is 5.18. The van der Waals surface area contributed by atoms with E-state index in [4.69, 9.17) is 0 Å². The molecule has 0 atom stereocenters. The maximum atomic E-state index is 3.89. The maximum absolute atomic E-state index is 3.89. The lowest BCUT2D eigenvalue weighted by molar-refractivity contribution is 0.130. The van der Waals surface area contributed by atoms with E-state index in [1.54, 1.807) is 0 Å². The molecule has 1 aliphatic rings. The Kier molecular flexibility index (Phi) is 6.20. The number of hydrogen-bond donors (Lipinski definition) is 0. The summed E-state index contributed by atoms with van der Waals surface area (Å²) < 4.78 is 0. The molecule has 14 heavy (non-hydrogen) atoms. The summed E-state index contributed by atoms with van der Waals surface area (Å²) in [5.41, 5.74) is 0. The average Bonchev–Trinajstić information content (AvgIpc) is 2.25. The van der Waals surface area contributed by atoms with Gasteiger partial charge in [0.15, 0.2) is 0 Å². The summed E-state index contributed by atoms with van der Waals surface area (Å²) in [5, 5.41) is 0. The van der Waals surface area contributed by atoms with Gasteiger partial charge in [-0.05, 0) is 25.9 Å². The van der Waals surface area contributed by atoms with Crippen molar-refractivity contribution >= 4 is 0 Å². The lowest BCUT2D eigenvalue weighted by Crippen LogP contribution is -2.46. The predicted molar refractivity (Wildman–Crippen MR) is 62.4 cm³/mol. The Morgan fingerprint density at radius 2 is 1.43 bits per heavy atom. The number of rotatable bonds is 6. The predicted octanol–water partition coefficient (Wildman–Crippen LogP) is 2.02. The van der Waals surface area contributed by atoms with Crippen molar-refractivity contribution in [1.82, 2.24) is 9.80 Å². The minimum atomic E-state index is 1.08. The maximum Gasteiger partial charge on any atom is 0.0110 e. The van der Waals surface area contributed by atoms with E-state index < -0.39 is 0 Å². The van der Waals surface area contributed by atoms with Crippen LogP contribution in [0, 0.1) is 6.92 Å². The van der Waals surface area contributed by atoms with Gasteiger partial charge in [0.25, 0.3) is 0 Å². The Hall–Kier alpha value is -0.0800. The summed E-state index contributed by atoms with van der Waals surface area (Å²) in [7, 11) is 0. The van der Waals surface area contributed by atoms with E-state index in [-0.39, 0.29) is 0 Å². The lowest BCUT2D eigenvalue weighted by atomic mass is 10.2. The van der Waals surface area contributed by atoms with Gasteiger partial charge in [-0.25, -0.2) is 0 Å². The zero-order valence-corrected chi connectivity index (χ0v) is 9.67. The number of nitrogens with zero attached hydrogens (tertiary/aromatic N) is 2. The van der Waals surface area contributed by atoms with Crippen LogP contribution in [0.1, 0.15) is 32.6 Å². The molecule has 0 N–H and O–H groups in total. The Balaban J connectivity index is 2.05. The zero-order chi connectivity index (χ0) is 10.2. The van der Waals surface area contributed by atoms with Crippen molar-refractivity contribution in [2.75, 3.05) is 39.3 Å². The van der Waals surface area contributed by atoms with Crippen molar-refractivity contribution < 1.29 is 0 Å². The van der Waals surface area contributed by atoms with Crippen molar-refractivity contribution in [3.63, 3.8) is 0 Å². The first-order chi connectivity index (χ1) is 6.86. The van der Waals surface area contributed by atoms with Gasteiger partial charge in [0.2, 0.25) is 0 Å². The second kappa shape index (κ2) is 7.24. The summed E-state index contributed by atoms with van der Waals surface area (Å²) in [6, 6.07) is 0. The van der Waals surface area contributed by atoms with Crippen molar-refractivity contribution in [3.8, 4) is 0 Å². The van der Waals surface area contributed by atoms with E-state index in [0.29, 0.717) is 0 Å². The van der Waals surface area contributed by atoms with E-state index in [1.807, 2.05) is 0 Å². The molecule has 0 aromatic heterocycles. The van der Waals surface area contributed by atoms with Gasteiger partial charge in [-0.1, -0.05) is 26.7 Å². The van der Waals surface area contributed by atoms with Crippen LogP contribution in [0.5, 0.6) is 0 Å². The Bertz CT molecular complexity index is 112. The molecule has 1 rings (SSSR count). The molecule has 0 bridgehead atoms. The average molecular weight is 197 g/mol. The van der Waals surface area contributed by atoms with Gasteiger partial charge in [0.1, 0.15) is 0 Å². The van der Waals surface area contributed by atoms with Crippen LogP contribution in [0.2, 0.25) is 0 Å². The molecule has 0 aromatic carbocycles. The first kappa shape index (κ1) is 12.0. The number of hydrogen-bond acceptors (Lipinski definition) is 2. The third kappa shape index (κ3) is 4.43. The van der Waals surface area contributed by atoms with Crippen LogP contribution in [-0.4, -0.2) is 49.1 Å². The summed E-state index contributed by atoms with van der Waals surface area (Å²) >= 11 is 0. The zero-order valence-electron chi connectivity index (χ0n) is 9.67. The van der Waals surface area contributed by atoms with Gasteiger partial charge >= 0.3 is 0 Å². The molecule has 1 saturated heterocycles. The molecule has 0 aromatic rings. The molecule has 0 amide bonds. The Labute approximate surface area is 89.3 Å². The summed E-state index contributed by atoms with van der Waals surface area (Å²) in [6.07, 6.45) is 5.02. The third-order valence-corrected chi connectivity index (χ3v) is 3.02. The van der Waals surface area contributed by atoms with Crippen molar-refractivity contribution in [3.05, 3.63) is 6.92 Å². The van der Waals surface area contributed by atoms with Crippen LogP contribution in [0.3, 0.4) is 0 Å². The SMILES string of the molecule is [CH2]CCCN1CCN(CCCC)CC1.